The van der Waals surface area contributed by atoms with Crippen LogP contribution in [0, 0.1) is 6.92 Å². The molecule has 1 amide bonds. The summed E-state index contributed by atoms with van der Waals surface area (Å²) in [6, 6.07) is 7.64. The van der Waals surface area contributed by atoms with Gasteiger partial charge in [0, 0.05) is 5.69 Å². The normalized spacial score (nSPS) is 10.4. The number of nitrogens with zero attached hydrogens (tertiary/aromatic N) is 1. The van der Waals surface area contributed by atoms with Gasteiger partial charge in [-0.2, -0.15) is 0 Å². The highest BCUT2D eigenvalue weighted by molar-refractivity contribution is 7.13. The molecule has 0 fully saturated rings. The van der Waals surface area contributed by atoms with Crippen LogP contribution in [0.1, 0.15) is 32.9 Å². The number of hydrogen-bond acceptors (Lipinski definition) is 4. The van der Waals surface area contributed by atoms with Gasteiger partial charge in [-0.25, -0.2) is 9.78 Å². The second kappa shape index (κ2) is 6.49. The van der Waals surface area contributed by atoms with Gasteiger partial charge in [-0.1, -0.05) is 19.1 Å². The maximum absolute atomic E-state index is 11.9. The van der Waals surface area contributed by atoms with Gasteiger partial charge in [0.2, 0.25) is 5.91 Å². The Hall–Kier alpha value is -2.21. The summed E-state index contributed by atoms with van der Waals surface area (Å²) in [4.78, 5) is 27.2. The van der Waals surface area contributed by atoms with E-state index in [9.17, 15) is 9.59 Å². The number of aryl methyl sites for hydroxylation is 2. The molecule has 0 saturated carbocycles. The Morgan fingerprint density at radius 3 is 2.48 bits per heavy atom. The third kappa shape index (κ3) is 3.88. The number of benzene rings is 1. The van der Waals surface area contributed by atoms with Crippen molar-refractivity contribution in [2.45, 2.75) is 26.7 Å². The zero-order valence-electron chi connectivity index (χ0n) is 11.8. The van der Waals surface area contributed by atoms with Gasteiger partial charge < -0.3 is 10.4 Å². The number of carbonyl (C=O) groups is 2. The van der Waals surface area contributed by atoms with E-state index in [2.05, 4.69) is 17.2 Å². The van der Waals surface area contributed by atoms with E-state index in [1.807, 2.05) is 24.3 Å². The number of carboxylic acid groups (broad SMARTS) is 1. The van der Waals surface area contributed by atoms with E-state index in [1.54, 1.807) is 6.92 Å². The van der Waals surface area contributed by atoms with Crippen LogP contribution in [0.15, 0.2) is 24.3 Å². The standard InChI is InChI=1S/C15H16N2O3S/c1-3-10-4-6-11(7-5-10)17-12(18)8-13-16-9(2)14(21-13)15(19)20/h4-7H,3,8H2,1-2H3,(H,17,18)(H,19,20). The van der Waals surface area contributed by atoms with E-state index in [4.69, 9.17) is 5.11 Å². The first-order chi connectivity index (χ1) is 9.99. The second-order valence-electron chi connectivity index (χ2n) is 4.60. The van der Waals surface area contributed by atoms with Crippen LogP contribution >= 0.6 is 11.3 Å². The summed E-state index contributed by atoms with van der Waals surface area (Å²) in [5, 5.41) is 12.3. The molecule has 0 atom stereocenters. The lowest BCUT2D eigenvalue weighted by atomic mass is 10.1. The molecular weight excluding hydrogens is 288 g/mol. The Balaban J connectivity index is 2.01. The minimum absolute atomic E-state index is 0.0777. The van der Waals surface area contributed by atoms with Gasteiger partial charge in [0.25, 0.3) is 0 Å². The monoisotopic (exact) mass is 304 g/mol. The molecule has 1 aromatic heterocycles. The Bertz CT molecular complexity index is 662. The van der Waals surface area contributed by atoms with Gasteiger partial charge in [-0.05, 0) is 31.0 Å². The summed E-state index contributed by atoms with van der Waals surface area (Å²) in [6.45, 7) is 3.70. The number of thiazole rings is 1. The predicted octanol–water partition coefficient (Wildman–Crippen LogP) is 2.89. The molecule has 0 aliphatic carbocycles. The number of nitrogens with one attached hydrogen (secondary N) is 1. The summed E-state index contributed by atoms with van der Waals surface area (Å²) in [7, 11) is 0. The van der Waals surface area contributed by atoms with Crippen LogP contribution in [0.5, 0.6) is 0 Å². The molecule has 21 heavy (non-hydrogen) atoms. The highest BCUT2D eigenvalue weighted by Crippen LogP contribution is 2.19. The second-order valence-corrected chi connectivity index (χ2v) is 5.69. The van der Waals surface area contributed by atoms with Gasteiger partial charge >= 0.3 is 5.97 Å². The Kier molecular flexibility index (Phi) is 4.70. The van der Waals surface area contributed by atoms with Crippen LogP contribution in [0.25, 0.3) is 0 Å². The molecule has 1 aromatic carbocycles. The fourth-order valence-corrected chi connectivity index (χ4v) is 2.79. The first-order valence-electron chi connectivity index (χ1n) is 6.58. The number of hydrogen-bond donors (Lipinski definition) is 2. The Labute approximate surface area is 126 Å². The van der Waals surface area contributed by atoms with Gasteiger partial charge in [0.05, 0.1) is 12.1 Å². The smallest absolute Gasteiger partial charge is 0.347 e. The van der Waals surface area contributed by atoms with Crippen LogP contribution in [0.3, 0.4) is 0 Å². The van der Waals surface area contributed by atoms with E-state index in [0.717, 1.165) is 23.4 Å². The molecule has 2 aromatic rings. The number of amides is 1. The van der Waals surface area contributed by atoms with Crippen LogP contribution in [-0.4, -0.2) is 22.0 Å². The van der Waals surface area contributed by atoms with E-state index < -0.39 is 5.97 Å². The largest absolute Gasteiger partial charge is 0.477 e. The molecule has 0 spiro atoms. The highest BCUT2D eigenvalue weighted by Gasteiger charge is 2.15. The van der Waals surface area contributed by atoms with Crippen molar-refractivity contribution in [3.63, 3.8) is 0 Å². The Morgan fingerprint density at radius 1 is 1.29 bits per heavy atom. The lowest BCUT2D eigenvalue weighted by Gasteiger charge is -2.04. The Morgan fingerprint density at radius 2 is 1.95 bits per heavy atom. The van der Waals surface area contributed by atoms with Crippen LogP contribution < -0.4 is 5.32 Å². The van der Waals surface area contributed by atoms with Crippen molar-refractivity contribution in [2.24, 2.45) is 0 Å². The van der Waals surface area contributed by atoms with Gasteiger partial charge in [-0.15, -0.1) is 11.3 Å². The number of carbonyl (C=O) groups excluding carboxylic acids is 1. The molecule has 0 saturated heterocycles. The first kappa shape index (κ1) is 15.2. The molecule has 0 bridgehead atoms. The maximum atomic E-state index is 11.9. The molecule has 1 heterocycles. The molecule has 0 aliphatic heterocycles. The summed E-state index contributed by atoms with van der Waals surface area (Å²) < 4.78 is 0. The summed E-state index contributed by atoms with van der Waals surface area (Å²) >= 11 is 1.04. The number of anilines is 1. The average Bonchev–Trinajstić information content (AvgIpc) is 2.80. The average molecular weight is 304 g/mol. The molecule has 2 N–H and O–H groups in total. The van der Waals surface area contributed by atoms with Crippen LogP contribution in [0.2, 0.25) is 0 Å². The summed E-state index contributed by atoms with van der Waals surface area (Å²) in [5.41, 5.74) is 2.38. The van der Waals surface area contributed by atoms with Crippen LogP contribution in [-0.2, 0) is 17.6 Å². The lowest BCUT2D eigenvalue weighted by Crippen LogP contribution is -2.14. The summed E-state index contributed by atoms with van der Waals surface area (Å²) in [5.74, 6) is -1.21. The predicted molar refractivity (Wildman–Crippen MR) is 82.0 cm³/mol. The molecule has 0 radical (unpaired) electrons. The molecule has 5 nitrogen and oxygen atoms in total. The minimum Gasteiger partial charge on any atom is -0.477 e. The zero-order valence-corrected chi connectivity index (χ0v) is 12.7. The van der Waals surface area contributed by atoms with Crippen molar-refractivity contribution in [3.8, 4) is 0 Å². The van der Waals surface area contributed by atoms with Crippen molar-refractivity contribution >= 4 is 28.9 Å². The zero-order chi connectivity index (χ0) is 15.4. The van der Waals surface area contributed by atoms with Gasteiger partial charge in [-0.3, -0.25) is 4.79 Å². The molecule has 0 unspecified atom stereocenters. The number of aromatic nitrogens is 1. The molecular formula is C15H16N2O3S. The summed E-state index contributed by atoms with van der Waals surface area (Å²) in [6.07, 6.45) is 1.03. The SMILES string of the molecule is CCc1ccc(NC(=O)Cc2nc(C)c(C(=O)O)s2)cc1. The third-order valence-corrected chi connectivity index (χ3v) is 4.14. The highest BCUT2D eigenvalue weighted by atomic mass is 32.1. The van der Waals surface area contributed by atoms with E-state index in [1.165, 1.54) is 5.56 Å². The van der Waals surface area contributed by atoms with Gasteiger partial charge in [0.1, 0.15) is 9.88 Å². The van der Waals surface area contributed by atoms with Crippen molar-refractivity contribution in [3.05, 3.63) is 45.4 Å². The number of aromatic carboxylic acids is 1. The van der Waals surface area contributed by atoms with Gasteiger partial charge in [0.15, 0.2) is 0 Å². The fourth-order valence-electron chi connectivity index (χ4n) is 1.89. The van der Waals surface area contributed by atoms with Crippen molar-refractivity contribution in [1.29, 1.82) is 0 Å². The molecule has 0 aliphatic rings. The van der Waals surface area contributed by atoms with Crippen molar-refractivity contribution < 1.29 is 14.7 Å². The number of rotatable bonds is 5. The third-order valence-electron chi connectivity index (χ3n) is 2.99. The van der Waals surface area contributed by atoms with E-state index in [-0.39, 0.29) is 17.2 Å². The molecule has 2 rings (SSSR count). The quantitative estimate of drug-likeness (QED) is 0.890. The topological polar surface area (TPSA) is 79.3 Å². The molecule has 6 heteroatoms. The molecule has 110 valence electrons. The maximum Gasteiger partial charge on any atom is 0.347 e. The minimum atomic E-state index is -1.01. The first-order valence-corrected chi connectivity index (χ1v) is 7.39. The van der Waals surface area contributed by atoms with E-state index >= 15 is 0 Å². The fraction of sp³-hybridized carbons (Fsp3) is 0.267. The van der Waals surface area contributed by atoms with Crippen molar-refractivity contribution in [2.75, 3.05) is 5.32 Å². The van der Waals surface area contributed by atoms with Crippen molar-refractivity contribution in [1.82, 2.24) is 4.98 Å². The van der Waals surface area contributed by atoms with E-state index in [0.29, 0.717) is 10.7 Å². The van der Waals surface area contributed by atoms with Crippen LogP contribution in [0.4, 0.5) is 5.69 Å². The number of carboxylic acids is 1. The lowest BCUT2D eigenvalue weighted by molar-refractivity contribution is -0.115.